The van der Waals surface area contributed by atoms with Crippen molar-refractivity contribution >= 4 is 23.5 Å². The SMILES string of the molecule is CCNC(=O)CN1[C@@H]2CCC[C@H]1C[C@H](N(C)c1nc(Nc3cc(C)[nH]n3)cc(O[C@H]3CCOC3)n1)C2. The first-order chi connectivity index (χ1) is 17.5. The van der Waals surface area contributed by atoms with Crippen LogP contribution >= 0.6 is 0 Å². The second kappa shape index (κ2) is 11.0. The smallest absolute Gasteiger partial charge is 0.234 e. The molecule has 3 N–H and O–H groups in total. The predicted molar refractivity (Wildman–Crippen MR) is 137 cm³/mol. The summed E-state index contributed by atoms with van der Waals surface area (Å²) in [4.78, 5) is 26.6. The Morgan fingerprint density at radius 1 is 1.22 bits per heavy atom. The number of aromatic nitrogens is 4. The topological polar surface area (TPSA) is 121 Å². The molecule has 4 atom stereocenters. The number of hydrogen-bond acceptors (Lipinski definition) is 9. The number of carbonyl (C=O) groups excluding carboxylic acids is 1. The molecule has 36 heavy (non-hydrogen) atoms. The maximum Gasteiger partial charge on any atom is 0.234 e. The number of piperidine rings is 2. The van der Waals surface area contributed by atoms with Crippen molar-refractivity contribution in [1.29, 1.82) is 0 Å². The lowest BCUT2D eigenvalue weighted by Gasteiger charge is -2.50. The van der Waals surface area contributed by atoms with Gasteiger partial charge in [-0.3, -0.25) is 14.8 Å². The number of anilines is 3. The zero-order chi connectivity index (χ0) is 25.1. The molecule has 5 rings (SSSR count). The van der Waals surface area contributed by atoms with Crippen LogP contribution in [0.3, 0.4) is 0 Å². The maximum atomic E-state index is 12.3. The number of H-pyrrole nitrogens is 1. The summed E-state index contributed by atoms with van der Waals surface area (Å²) in [6.07, 6.45) is 6.28. The lowest BCUT2D eigenvalue weighted by molar-refractivity contribution is -0.125. The van der Waals surface area contributed by atoms with Gasteiger partial charge in [-0.2, -0.15) is 15.1 Å². The molecule has 11 heteroatoms. The van der Waals surface area contributed by atoms with E-state index in [-0.39, 0.29) is 18.1 Å². The molecule has 196 valence electrons. The van der Waals surface area contributed by atoms with Crippen LogP contribution in [0.25, 0.3) is 0 Å². The van der Waals surface area contributed by atoms with Crippen molar-refractivity contribution in [2.75, 3.05) is 43.6 Å². The van der Waals surface area contributed by atoms with Crippen LogP contribution in [0.5, 0.6) is 5.88 Å². The van der Waals surface area contributed by atoms with Gasteiger partial charge in [0.2, 0.25) is 17.7 Å². The summed E-state index contributed by atoms with van der Waals surface area (Å²) in [5.74, 6) is 2.62. The summed E-state index contributed by atoms with van der Waals surface area (Å²) in [5.41, 5.74) is 0.967. The highest BCUT2D eigenvalue weighted by Crippen LogP contribution is 2.37. The number of nitrogens with one attached hydrogen (secondary N) is 3. The van der Waals surface area contributed by atoms with Crippen molar-refractivity contribution in [2.45, 2.75) is 76.6 Å². The lowest BCUT2D eigenvalue weighted by Crippen LogP contribution is -2.58. The number of nitrogens with zero attached hydrogens (tertiary/aromatic N) is 5. The van der Waals surface area contributed by atoms with Gasteiger partial charge in [0.25, 0.3) is 0 Å². The van der Waals surface area contributed by atoms with Crippen LogP contribution in [0.4, 0.5) is 17.6 Å². The minimum atomic E-state index is -0.00426. The van der Waals surface area contributed by atoms with Crippen molar-refractivity contribution in [3.8, 4) is 5.88 Å². The van der Waals surface area contributed by atoms with Crippen LogP contribution < -0.4 is 20.3 Å². The maximum absolute atomic E-state index is 12.3. The Labute approximate surface area is 212 Å². The molecule has 2 bridgehead atoms. The third kappa shape index (κ3) is 5.73. The molecule has 2 aromatic heterocycles. The van der Waals surface area contributed by atoms with Crippen LogP contribution in [0, 0.1) is 6.92 Å². The monoisotopic (exact) mass is 498 g/mol. The van der Waals surface area contributed by atoms with E-state index in [0.29, 0.717) is 61.9 Å². The number of aryl methyl sites for hydroxylation is 1. The quantitative estimate of drug-likeness (QED) is 0.478. The number of rotatable bonds is 9. The standard InChI is InChI=1S/C25H38N8O3/c1-4-26-23(34)14-33-17-6-5-7-18(33)12-19(11-17)32(3)25-28-21(27-22-10-16(2)30-31-22)13-24(29-25)36-20-8-9-35-15-20/h10,13,17-20H,4-9,11-12,14-15H2,1-3H3,(H,26,34)(H2,27,28,29,30,31)/t17-,18+,19-,20-/m0/s1. The summed E-state index contributed by atoms with van der Waals surface area (Å²) in [6.45, 7) is 6.36. The third-order valence-corrected chi connectivity index (χ3v) is 7.49. The molecule has 0 aromatic carbocycles. The molecule has 0 saturated carbocycles. The van der Waals surface area contributed by atoms with E-state index in [1.807, 2.05) is 26.0 Å². The first kappa shape index (κ1) is 24.8. The molecular formula is C25H38N8O3. The summed E-state index contributed by atoms with van der Waals surface area (Å²) in [7, 11) is 2.07. The molecule has 0 radical (unpaired) electrons. The fourth-order valence-corrected chi connectivity index (χ4v) is 5.69. The van der Waals surface area contributed by atoms with E-state index in [2.05, 4.69) is 37.7 Å². The minimum Gasteiger partial charge on any atom is -0.472 e. The summed E-state index contributed by atoms with van der Waals surface area (Å²) in [5, 5.41) is 13.5. The number of aromatic amines is 1. The van der Waals surface area contributed by atoms with Crippen LogP contribution in [0.15, 0.2) is 12.1 Å². The average Bonchev–Trinajstić information content (AvgIpc) is 3.50. The van der Waals surface area contributed by atoms with E-state index in [1.165, 1.54) is 6.42 Å². The Bertz CT molecular complexity index is 1030. The van der Waals surface area contributed by atoms with Crippen LogP contribution in [-0.4, -0.2) is 88.6 Å². The van der Waals surface area contributed by atoms with Crippen molar-refractivity contribution in [1.82, 2.24) is 30.4 Å². The van der Waals surface area contributed by atoms with Gasteiger partial charge in [-0.25, -0.2) is 0 Å². The molecule has 11 nitrogen and oxygen atoms in total. The van der Waals surface area contributed by atoms with Crippen molar-refractivity contribution in [3.63, 3.8) is 0 Å². The molecule has 1 amide bonds. The molecule has 3 aliphatic rings. The average molecular weight is 499 g/mol. The second-order valence-corrected chi connectivity index (χ2v) is 10.2. The van der Waals surface area contributed by atoms with Crippen molar-refractivity contribution < 1.29 is 14.3 Å². The Hall–Kier alpha value is -2.92. The molecule has 0 unspecified atom stereocenters. The van der Waals surface area contributed by atoms with Crippen molar-refractivity contribution in [2.24, 2.45) is 0 Å². The summed E-state index contributed by atoms with van der Waals surface area (Å²) < 4.78 is 11.7. The van der Waals surface area contributed by atoms with Gasteiger partial charge in [-0.15, -0.1) is 0 Å². The first-order valence-corrected chi connectivity index (χ1v) is 13.2. The molecule has 0 aliphatic carbocycles. The van der Waals surface area contributed by atoms with Gasteiger partial charge >= 0.3 is 0 Å². The van der Waals surface area contributed by atoms with Crippen LogP contribution in [0.2, 0.25) is 0 Å². The largest absolute Gasteiger partial charge is 0.472 e. The van der Waals surface area contributed by atoms with Gasteiger partial charge in [0.05, 0.1) is 19.8 Å². The zero-order valence-corrected chi connectivity index (χ0v) is 21.5. The number of fused-ring (bicyclic) bond motifs is 2. The fraction of sp³-hybridized carbons (Fsp3) is 0.680. The predicted octanol–water partition coefficient (Wildman–Crippen LogP) is 2.38. The summed E-state index contributed by atoms with van der Waals surface area (Å²) >= 11 is 0. The van der Waals surface area contributed by atoms with Crippen LogP contribution in [0.1, 0.15) is 51.1 Å². The van der Waals surface area contributed by atoms with E-state index in [4.69, 9.17) is 19.4 Å². The molecular weight excluding hydrogens is 460 g/mol. The van der Waals surface area contributed by atoms with E-state index in [0.717, 1.165) is 37.8 Å². The molecule has 3 fully saturated rings. The molecule has 5 heterocycles. The highest BCUT2D eigenvalue weighted by atomic mass is 16.5. The lowest BCUT2D eigenvalue weighted by atomic mass is 9.81. The fourth-order valence-electron chi connectivity index (χ4n) is 5.69. The van der Waals surface area contributed by atoms with Gasteiger partial charge in [0.1, 0.15) is 11.9 Å². The van der Waals surface area contributed by atoms with E-state index in [9.17, 15) is 4.79 Å². The number of amides is 1. The van der Waals surface area contributed by atoms with Crippen LogP contribution in [-0.2, 0) is 9.53 Å². The van der Waals surface area contributed by atoms with Gasteiger partial charge in [0, 0.05) is 56.0 Å². The molecule has 0 spiro atoms. The van der Waals surface area contributed by atoms with E-state index < -0.39 is 0 Å². The number of ether oxygens (including phenoxy) is 2. The van der Waals surface area contributed by atoms with Gasteiger partial charge in [-0.1, -0.05) is 6.42 Å². The molecule has 3 aliphatic heterocycles. The number of hydrogen-bond donors (Lipinski definition) is 3. The minimum absolute atomic E-state index is 0.00426. The third-order valence-electron chi connectivity index (χ3n) is 7.49. The Balaban J connectivity index is 1.34. The molecule has 2 aromatic rings. The Morgan fingerprint density at radius 3 is 2.69 bits per heavy atom. The number of likely N-dealkylation sites (N-methyl/N-ethyl adjacent to an activating group) is 1. The highest BCUT2D eigenvalue weighted by molar-refractivity contribution is 5.78. The van der Waals surface area contributed by atoms with E-state index >= 15 is 0 Å². The van der Waals surface area contributed by atoms with E-state index in [1.54, 1.807) is 0 Å². The first-order valence-electron chi connectivity index (χ1n) is 13.2. The normalized spacial score (nSPS) is 26.0. The van der Waals surface area contributed by atoms with Gasteiger partial charge < -0.3 is 25.0 Å². The highest BCUT2D eigenvalue weighted by Gasteiger charge is 2.40. The zero-order valence-electron chi connectivity index (χ0n) is 21.5. The number of carbonyl (C=O) groups is 1. The summed E-state index contributed by atoms with van der Waals surface area (Å²) in [6, 6.07) is 4.84. The molecule has 3 saturated heterocycles. The second-order valence-electron chi connectivity index (χ2n) is 10.2. The van der Waals surface area contributed by atoms with Gasteiger partial charge in [0.15, 0.2) is 5.82 Å². The van der Waals surface area contributed by atoms with Crippen molar-refractivity contribution in [3.05, 3.63) is 17.8 Å². The van der Waals surface area contributed by atoms with Gasteiger partial charge in [-0.05, 0) is 39.5 Å². The Kier molecular flexibility index (Phi) is 7.56. The Morgan fingerprint density at radius 2 is 2.03 bits per heavy atom.